The number of primary amides is 1. The lowest BCUT2D eigenvalue weighted by atomic mass is 9.85. The molecule has 3 rings (SSSR count). The highest BCUT2D eigenvalue weighted by Crippen LogP contribution is 2.39. The van der Waals surface area contributed by atoms with Gasteiger partial charge in [-0.25, -0.2) is 4.39 Å². The summed E-state index contributed by atoms with van der Waals surface area (Å²) < 4.78 is 14.2. The number of anilines is 1. The van der Waals surface area contributed by atoms with Gasteiger partial charge in [-0.2, -0.15) is 5.26 Å². The molecule has 1 heterocycles. The number of benzene rings is 2. The number of amides is 1. The minimum atomic E-state index is -0.341. The van der Waals surface area contributed by atoms with Crippen molar-refractivity contribution in [3.05, 3.63) is 65.0 Å². The first-order chi connectivity index (χ1) is 11.5. The molecule has 0 radical (unpaired) electrons. The van der Waals surface area contributed by atoms with Crippen LogP contribution in [-0.4, -0.2) is 11.9 Å². The highest BCUT2D eigenvalue weighted by molar-refractivity contribution is 5.85. The second-order valence-corrected chi connectivity index (χ2v) is 6.14. The van der Waals surface area contributed by atoms with Crippen molar-refractivity contribution in [2.24, 2.45) is 5.73 Å². The molecule has 0 fully saturated rings. The largest absolute Gasteiger partial charge is 0.369 e. The molecule has 2 N–H and O–H groups in total. The molecule has 4 nitrogen and oxygen atoms in total. The number of nitrogens with two attached hydrogens (primary N) is 1. The fourth-order valence-electron chi connectivity index (χ4n) is 3.34. The maximum Gasteiger partial charge on any atom is 0.225 e. The van der Waals surface area contributed by atoms with Gasteiger partial charge in [-0.15, -0.1) is 0 Å². The molecule has 2 unspecified atom stereocenters. The van der Waals surface area contributed by atoms with Gasteiger partial charge in [-0.1, -0.05) is 18.2 Å². The number of hydrogen-bond donors (Lipinski definition) is 1. The van der Waals surface area contributed by atoms with Crippen LogP contribution in [0.2, 0.25) is 0 Å². The molecule has 5 heteroatoms. The van der Waals surface area contributed by atoms with Crippen LogP contribution in [0.1, 0.15) is 36.0 Å². The van der Waals surface area contributed by atoms with Crippen LogP contribution < -0.4 is 10.6 Å². The SMILES string of the molecule is CC1CC(C(N)=O)c2ccccc2N1Cc1cc(C#N)ccc1F. The number of halogens is 1. The molecule has 2 atom stereocenters. The number of carbonyl (C=O) groups is 1. The maximum atomic E-state index is 14.2. The van der Waals surface area contributed by atoms with Gasteiger partial charge in [0.2, 0.25) is 5.91 Å². The van der Waals surface area contributed by atoms with Gasteiger partial charge < -0.3 is 10.6 Å². The van der Waals surface area contributed by atoms with Crippen molar-refractivity contribution in [3.63, 3.8) is 0 Å². The van der Waals surface area contributed by atoms with E-state index in [9.17, 15) is 9.18 Å². The predicted octanol–water partition coefficient (Wildman–Crippen LogP) is 3.07. The number of nitrogens with zero attached hydrogens (tertiary/aromatic N) is 2. The van der Waals surface area contributed by atoms with E-state index in [4.69, 9.17) is 11.0 Å². The smallest absolute Gasteiger partial charge is 0.225 e. The van der Waals surface area contributed by atoms with Crippen LogP contribution >= 0.6 is 0 Å². The molecule has 1 aliphatic heterocycles. The molecule has 0 aliphatic carbocycles. The molecule has 1 amide bonds. The first kappa shape index (κ1) is 16.0. The van der Waals surface area contributed by atoms with Crippen LogP contribution in [0.25, 0.3) is 0 Å². The molecule has 0 bridgehead atoms. The second kappa shape index (κ2) is 6.32. The molecule has 0 saturated heterocycles. The highest BCUT2D eigenvalue weighted by atomic mass is 19.1. The topological polar surface area (TPSA) is 70.1 Å². The Morgan fingerprint density at radius 1 is 1.38 bits per heavy atom. The highest BCUT2D eigenvalue weighted by Gasteiger charge is 2.33. The molecular weight excluding hydrogens is 305 g/mol. The number of rotatable bonds is 3. The Morgan fingerprint density at radius 2 is 2.12 bits per heavy atom. The third-order valence-corrected chi connectivity index (χ3v) is 4.59. The van der Waals surface area contributed by atoms with Crippen molar-refractivity contribution in [1.29, 1.82) is 5.26 Å². The van der Waals surface area contributed by atoms with E-state index in [0.29, 0.717) is 24.1 Å². The first-order valence-electron chi connectivity index (χ1n) is 7.84. The minimum absolute atomic E-state index is 0.0301. The van der Waals surface area contributed by atoms with Crippen LogP contribution in [0, 0.1) is 17.1 Å². The zero-order valence-electron chi connectivity index (χ0n) is 13.4. The van der Waals surface area contributed by atoms with Gasteiger partial charge in [0.15, 0.2) is 0 Å². The number of fused-ring (bicyclic) bond motifs is 1. The van der Waals surface area contributed by atoms with Crippen molar-refractivity contribution in [2.45, 2.75) is 31.8 Å². The summed E-state index contributed by atoms with van der Waals surface area (Å²) in [6, 6.07) is 14.0. The monoisotopic (exact) mass is 323 g/mol. The van der Waals surface area contributed by atoms with E-state index >= 15 is 0 Å². The Hall–Kier alpha value is -2.87. The van der Waals surface area contributed by atoms with Gasteiger partial charge in [0.25, 0.3) is 0 Å². The van der Waals surface area contributed by atoms with E-state index in [1.54, 1.807) is 6.07 Å². The van der Waals surface area contributed by atoms with E-state index < -0.39 is 0 Å². The number of carbonyl (C=O) groups excluding carboxylic acids is 1. The lowest BCUT2D eigenvalue weighted by Gasteiger charge is -2.40. The summed E-state index contributed by atoms with van der Waals surface area (Å²) in [7, 11) is 0. The summed E-state index contributed by atoms with van der Waals surface area (Å²) in [5.41, 5.74) is 8.21. The maximum absolute atomic E-state index is 14.2. The molecule has 0 saturated carbocycles. The number of nitriles is 1. The standard InChI is InChI=1S/C19H18FN3O/c1-12-8-16(19(22)24)15-4-2-3-5-18(15)23(12)11-14-9-13(10-21)6-7-17(14)20/h2-7,9,12,16H,8,11H2,1H3,(H2,22,24). The van der Waals surface area contributed by atoms with Gasteiger partial charge in [-0.3, -0.25) is 4.79 Å². The van der Waals surface area contributed by atoms with Gasteiger partial charge in [0.05, 0.1) is 17.6 Å². The van der Waals surface area contributed by atoms with Crippen molar-refractivity contribution in [1.82, 2.24) is 0 Å². The van der Waals surface area contributed by atoms with E-state index in [0.717, 1.165) is 11.3 Å². The predicted molar refractivity (Wildman–Crippen MR) is 89.8 cm³/mol. The molecule has 122 valence electrons. The quantitative estimate of drug-likeness (QED) is 0.943. The van der Waals surface area contributed by atoms with Crippen molar-refractivity contribution >= 4 is 11.6 Å². The fourth-order valence-corrected chi connectivity index (χ4v) is 3.34. The van der Waals surface area contributed by atoms with E-state index in [1.807, 2.05) is 37.3 Å². The van der Waals surface area contributed by atoms with Crippen LogP contribution in [0.3, 0.4) is 0 Å². The van der Waals surface area contributed by atoms with Gasteiger partial charge in [0, 0.05) is 23.8 Å². The van der Waals surface area contributed by atoms with Crippen molar-refractivity contribution in [3.8, 4) is 6.07 Å². The first-order valence-corrected chi connectivity index (χ1v) is 7.84. The summed E-state index contributed by atoms with van der Waals surface area (Å²) in [5, 5.41) is 9.03. The third kappa shape index (κ3) is 2.83. The van der Waals surface area contributed by atoms with Gasteiger partial charge in [-0.05, 0) is 43.2 Å². The van der Waals surface area contributed by atoms with Crippen molar-refractivity contribution in [2.75, 3.05) is 4.90 Å². The van der Waals surface area contributed by atoms with Crippen LogP contribution in [0.5, 0.6) is 0 Å². The van der Waals surface area contributed by atoms with Crippen molar-refractivity contribution < 1.29 is 9.18 Å². The second-order valence-electron chi connectivity index (χ2n) is 6.14. The summed E-state index contributed by atoms with van der Waals surface area (Å²) in [6.07, 6.45) is 0.589. The Kier molecular flexibility index (Phi) is 4.22. The minimum Gasteiger partial charge on any atom is -0.369 e. The number of para-hydroxylation sites is 1. The summed E-state index contributed by atoms with van der Waals surface area (Å²) in [5.74, 6) is -1.01. The zero-order chi connectivity index (χ0) is 17.3. The lowest BCUT2D eigenvalue weighted by molar-refractivity contribution is -0.119. The lowest BCUT2D eigenvalue weighted by Crippen LogP contribution is -2.41. The number of hydrogen-bond acceptors (Lipinski definition) is 3. The van der Waals surface area contributed by atoms with Gasteiger partial charge in [0.1, 0.15) is 5.82 Å². The van der Waals surface area contributed by atoms with E-state index in [2.05, 4.69) is 4.90 Å². The van der Waals surface area contributed by atoms with Gasteiger partial charge >= 0.3 is 0 Å². The average molecular weight is 323 g/mol. The van der Waals surface area contributed by atoms with Crippen LogP contribution in [-0.2, 0) is 11.3 Å². The summed E-state index contributed by atoms with van der Waals surface area (Å²) >= 11 is 0. The third-order valence-electron chi connectivity index (χ3n) is 4.59. The molecule has 2 aromatic rings. The Labute approximate surface area is 140 Å². The van der Waals surface area contributed by atoms with Crippen LogP contribution in [0.4, 0.5) is 10.1 Å². The van der Waals surface area contributed by atoms with E-state index in [1.165, 1.54) is 12.1 Å². The Bertz CT molecular complexity index is 828. The molecule has 0 spiro atoms. The average Bonchev–Trinajstić information content (AvgIpc) is 2.58. The summed E-state index contributed by atoms with van der Waals surface area (Å²) in [4.78, 5) is 13.8. The molecule has 2 aromatic carbocycles. The Morgan fingerprint density at radius 3 is 2.83 bits per heavy atom. The zero-order valence-corrected chi connectivity index (χ0v) is 13.4. The Balaban J connectivity index is 2.01. The summed E-state index contributed by atoms with van der Waals surface area (Å²) in [6.45, 7) is 2.34. The van der Waals surface area contributed by atoms with E-state index in [-0.39, 0.29) is 23.7 Å². The normalized spacial score (nSPS) is 19.5. The fraction of sp³-hybridized carbons (Fsp3) is 0.263. The molecule has 24 heavy (non-hydrogen) atoms. The molecular formula is C19H18FN3O. The molecule has 1 aliphatic rings. The molecule has 0 aromatic heterocycles. The van der Waals surface area contributed by atoms with Crippen LogP contribution in [0.15, 0.2) is 42.5 Å².